The molecule has 18 heavy (non-hydrogen) atoms. The average molecular weight is 259 g/mol. The highest BCUT2D eigenvalue weighted by Gasteiger charge is 2.28. The second kappa shape index (κ2) is 5.71. The second-order valence-electron chi connectivity index (χ2n) is 4.52. The van der Waals surface area contributed by atoms with Crippen LogP contribution < -0.4 is 5.48 Å². The molecule has 0 amide bonds. The lowest BCUT2D eigenvalue weighted by Gasteiger charge is -2.19. The number of alkyl halides is 3. The molecule has 0 spiro atoms. The molecule has 2 rings (SSSR count). The first-order chi connectivity index (χ1) is 8.56. The molecule has 0 aliphatic heterocycles. The maximum absolute atomic E-state index is 12.0. The van der Waals surface area contributed by atoms with E-state index in [1.807, 2.05) is 24.3 Å². The third-order valence-corrected chi connectivity index (χ3v) is 3.08. The number of nitrogens with one attached hydrogen (secondary N) is 1. The van der Waals surface area contributed by atoms with Gasteiger partial charge in [0.25, 0.3) is 0 Å². The highest BCUT2D eigenvalue weighted by Crippen LogP contribution is 2.28. The third kappa shape index (κ3) is 3.71. The first kappa shape index (κ1) is 13.4. The van der Waals surface area contributed by atoms with E-state index in [9.17, 15) is 13.2 Å². The Hall–Kier alpha value is -1.07. The third-order valence-electron chi connectivity index (χ3n) is 3.08. The van der Waals surface area contributed by atoms with Gasteiger partial charge in [0.2, 0.25) is 0 Å². The Morgan fingerprint density at radius 1 is 1.22 bits per heavy atom. The van der Waals surface area contributed by atoms with Gasteiger partial charge in [-0.15, -0.1) is 0 Å². The fourth-order valence-corrected chi connectivity index (χ4v) is 2.27. The Kier molecular flexibility index (Phi) is 4.24. The highest BCUT2D eigenvalue weighted by atomic mass is 19.4. The van der Waals surface area contributed by atoms with Crippen molar-refractivity contribution in [3.8, 4) is 0 Å². The molecule has 1 aliphatic rings. The van der Waals surface area contributed by atoms with Gasteiger partial charge in [-0.3, -0.25) is 4.84 Å². The van der Waals surface area contributed by atoms with Gasteiger partial charge in [-0.25, -0.2) is 0 Å². The summed E-state index contributed by atoms with van der Waals surface area (Å²) in [5.41, 5.74) is 4.80. The van der Waals surface area contributed by atoms with Gasteiger partial charge in [0.15, 0.2) is 6.61 Å². The molecule has 0 heterocycles. The van der Waals surface area contributed by atoms with E-state index in [0.29, 0.717) is 0 Å². The van der Waals surface area contributed by atoms with E-state index in [4.69, 9.17) is 0 Å². The molecule has 1 aromatic rings. The fraction of sp³-hybridized carbons (Fsp3) is 0.538. The van der Waals surface area contributed by atoms with Crippen molar-refractivity contribution in [3.63, 3.8) is 0 Å². The number of aryl methyl sites for hydroxylation is 1. The van der Waals surface area contributed by atoms with Crippen LogP contribution in [0.5, 0.6) is 0 Å². The topological polar surface area (TPSA) is 21.3 Å². The van der Waals surface area contributed by atoms with Crippen molar-refractivity contribution in [1.82, 2.24) is 5.48 Å². The van der Waals surface area contributed by atoms with Crippen LogP contribution >= 0.6 is 0 Å². The molecule has 1 unspecified atom stereocenters. The predicted octanol–water partition coefficient (Wildman–Crippen LogP) is 3.54. The normalized spacial score (nSPS) is 20.3. The van der Waals surface area contributed by atoms with Crippen LogP contribution in [0.4, 0.5) is 13.2 Å². The van der Waals surface area contributed by atoms with Gasteiger partial charge in [-0.05, 0) is 30.4 Å². The summed E-state index contributed by atoms with van der Waals surface area (Å²) in [7, 11) is 0. The summed E-state index contributed by atoms with van der Waals surface area (Å²) in [5, 5.41) is 0. The van der Waals surface area contributed by atoms with Crippen molar-refractivity contribution in [2.45, 2.75) is 37.9 Å². The van der Waals surface area contributed by atoms with Crippen molar-refractivity contribution in [3.05, 3.63) is 35.4 Å². The predicted molar refractivity (Wildman–Crippen MR) is 61.9 cm³/mol. The number of rotatable bonds is 3. The summed E-state index contributed by atoms with van der Waals surface area (Å²) in [4.78, 5) is 4.57. The van der Waals surface area contributed by atoms with Crippen molar-refractivity contribution in [2.75, 3.05) is 6.61 Å². The molecule has 100 valence electrons. The lowest BCUT2D eigenvalue weighted by molar-refractivity contribution is -0.193. The van der Waals surface area contributed by atoms with Crippen LogP contribution in [-0.4, -0.2) is 12.8 Å². The summed E-state index contributed by atoms with van der Waals surface area (Å²) in [6, 6.07) is 7.69. The van der Waals surface area contributed by atoms with E-state index < -0.39 is 12.8 Å². The molecule has 0 aromatic heterocycles. The van der Waals surface area contributed by atoms with E-state index in [1.54, 1.807) is 0 Å². The van der Waals surface area contributed by atoms with Gasteiger partial charge in [0.1, 0.15) is 0 Å². The Morgan fingerprint density at radius 3 is 2.78 bits per heavy atom. The summed E-state index contributed by atoms with van der Waals surface area (Å²) >= 11 is 0. The summed E-state index contributed by atoms with van der Waals surface area (Å²) in [6.07, 6.45) is -0.462. The van der Waals surface area contributed by atoms with Crippen LogP contribution in [0.1, 0.15) is 36.4 Å². The van der Waals surface area contributed by atoms with E-state index in [-0.39, 0.29) is 6.04 Å². The van der Waals surface area contributed by atoms with E-state index in [0.717, 1.165) is 31.2 Å². The standard InChI is InChI=1S/C13H16F3NO/c14-13(15,16)9-18-17-12-8-4-2-6-10-5-1-3-7-11(10)12/h1,3,5,7,12,17H,2,4,6,8-9H2. The highest BCUT2D eigenvalue weighted by molar-refractivity contribution is 5.30. The largest absolute Gasteiger partial charge is 0.413 e. The van der Waals surface area contributed by atoms with E-state index >= 15 is 0 Å². The molecule has 0 saturated carbocycles. The molecule has 2 nitrogen and oxygen atoms in total. The quantitative estimate of drug-likeness (QED) is 0.662. The number of fused-ring (bicyclic) bond motifs is 1. The first-order valence-electron chi connectivity index (χ1n) is 6.08. The van der Waals surface area contributed by atoms with Crippen LogP contribution in [0.2, 0.25) is 0 Å². The minimum atomic E-state index is -4.29. The van der Waals surface area contributed by atoms with Gasteiger partial charge in [-0.2, -0.15) is 18.7 Å². The lowest BCUT2D eigenvalue weighted by atomic mass is 10.00. The van der Waals surface area contributed by atoms with E-state index in [2.05, 4.69) is 10.3 Å². The number of hydrogen-bond donors (Lipinski definition) is 1. The molecular formula is C13H16F3NO. The zero-order chi connectivity index (χ0) is 13.0. The second-order valence-corrected chi connectivity index (χ2v) is 4.52. The van der Waals surface area contributed by atoms with Crippen molar-refractivity contribution in [2.24, 2.45) is 0 Å². The molecule has 1 N–H and O–H groups in total. The smallest absolute Gasteiger partial charge is 0.292 e. The maximum atomic E-state index is 12.0. The molecule has 0 radical (unpaired) electrons. The van der Waals surface area contributed by atoms with Crippen LogP contribution in [0, 0.1) is 0 Å². The Morgan fingerprint density at radius 2 is 2.00 bits per heavy atom. The fourth-order valence-electron chi connectivity index (χ4n) is 2.27. The minimum Gasteiger partial charge on any atom is -0.292 e. The molecule has 0 bridgehead atoms. The molecule has 0 fully saturated rings. The molecule has 0 saturated heterocycles. The number of hydroxylamine groups is 1. The van der Waals surface area contributed by atoms with Crippen LogP contribution in [0.15, 0.2) is 24.3 Å². The van der Waals surface area contributed by atoms with Crippen molar-refractivity contribution >= 4 is 0 Å². The van der Waals surface area contributed by atoms with Crippen LogP contribution in [0.25, 0.3) is 0 Å². The SMILES string of the molecule is FC(F)(F)CONC1CCCCc2ccccc21. The minimum absolute atomic E-state index is 0.147. The van der Waals surface area contributed by atoms with Gasteiger partial charge >= 0.3 is 6.18 Å². The molecule has 1 aliphatic carbocycles. The number of benzene rings is 1. The van der Waals surface area contributed by atoms with Crippen LogP contribution in [0.3, 0.4) is 0 Å². The summed E-state index contributed by atoms with van der Waals surface area (Å²) in [5.74, 6) is 0. The number of hydrogen-bond acceptors (Lipinski definition) is 2. The van der Waals surface area contributed by atoms with Crippen LogP contribution in [-0.2, 0) is 11.3 Å². The lowest BCUT2D eigenvalue weighted by Crippen LogP contribution is -2.28. The summed E-state index contributed by atoms with van der Waals surface area (Å²) in [6.45, 7) is -1.26. The summed E-state index contributed by atoms with van der Waals surface area (Å²) < 4.78 is 36.1. The average Bonchev–Trinajstić information content (AvgIpc) is 2.51. The van der Waals surface area contributed by atoms with Gasteiger partial charge in [0, 0.05) is 0 Å². The van der Waals surface area contributed by atoms with Gasteiger partial charge in [0.05, 0.1) is 6.04 Å². The Bertz CT molecular complexity index is 392. The molecular weight excluding hydrogens is 243 g/mol. The maximum Gasteiger partial charge on any atom is 0.413 e. The molecule has 1 aromatic carbocycles. The van der Waals surface area contributed by atoms with Gasteiger partial charge < -0.3 is 0 Å². The van der Waals surface area contributed by atoms with Crippen molar-refractivity contribution in [1.29, 1.82) is 0 Å². The zero-order valence-electron chi connectivity index (χ0n) is 9.96. The zero-order valence-corrected chi connectivity index (χ0v) is 9.96. The first-order valence-corrected chi connectivity index (χ1v) is 6.08. The Labute approximate surface area is 104 Å². The van der Waals surface area contributed by atoms with Crippen molar-refractivity contribution < 1.29 is 18.0 Å². The number of halogens is 3. The molecule has 1 atom stereocenters. The molecule has 5 heteroatoms. The monoisotopic (exact) mass is 259 g/mol. The van der Waals surface area contributed by atoms with E-state index in [1.165, 1.54) is 5.56 Å². The van der Waals surface area contributed by atoms with Gasteiger partial charge in [-0.1, -0.05) is 30.7 Å². The Balaban J connectivity index is 2.00.